The number of nitrogens with two attached hydrogens (primary N) is 1. The van der Waals surface area contributed by atoms with Crippen LogP contribution < -0.4 is 10.5 Å². The zero-order valence-electron chi connectivity index (χ0n) is 13.3. The smallest absolute Gasteiger partial charge is 0.148 e. The lowest BCUT2D eigenvalue weighted by Gasteiger charge is -2.24. The Labute approximate surface area is 132 Å². The Morgan fingerprint density at radius 1 is 1.14 bits per heavy atom. The molecule has 2 nitrogen and oxygen atoms in total. The van der Waals surface area contributed by atoms with Crippen molar-refractivity contribution in [1.82, 2.24) is 0 Å². The second kappa shape index (κ2) is 7.10. The molecule has 0 amide bonds. The quantitative estimate of drug-likeness (QED) is 0.811. The Kier molecular flexibility index (Phi) is 5.43. The molecule has 0 spiro atoms. The highest BCUT2D eigenvalue weighted by Gasteiger charge is 2.22. The fourth-order valence-corrected chi connectivity index (χ4v) is 3.41. The van der Waals surface area contributed by atoms with Crippen LogP contribution in [0.4, 0.5) is 0 Å². The van der Waals surface area contributed by atoms with Gasteiger partial charge in [-0.3, -0.25) is 0 Å². The summed E-state index contributed by atoms with van der Waals surface area (Å²) in [7, 11) is 0. The van der Waals surface area contributed by atoms with Crippen LogP contribution in [-0.2, 0) is 0 Å². The molecule has 0 aliphatic rings. The third kappa shape index (κ3) is 3.86. The van der Waals surface area contributed by atoms with Gasteiger partial charge in [-0.05, 0) is 49.9 Å². The highest BCUT2D eigenvalue weighted by Crippen LogP contribution is 2.34. The molecule has 21 heavy (non-hydrogen) atoms. The molecule has 3 unspecified atom stereocenters. The largest absolute Gasteiger partial charge is 0.483 e. The summed E-state index contributed by atoms with van der Waals surface area (Å²) in [5, 5.41) is 0. The Morgan fingerprint density at radius 2 is 1.86 bits per heavy atom. The zero-order chi connectivity index (χ0) is 15.4. The van der Waals surface area contributed by atoms with Gasteiger partial charge in [-0.25, -0.2) is 0 Å². The molecule has 2 N–H and O–H groups in total. The van der Waals surface area contributed by atoms with Crippen LogP contribution in [0.3, 0.4) is 0 Å². The molecule has 0 radical (unpaired) electrons. The molecule has 0 aliphatic carbocycles. The maximum Gasteiger partial charge on any atom is 0.148 e. The number of aryl methyl sites for hydroxylation is 1. The Bertz CT molecular complexity index is 576. The fourth-order valence-electron chi connectivity index (χ4n) is 2.38. The van der Waals surface area contributed by atoms with Crippen LogP contribution in [-0.4, -0.2) is 6.04 Å². The summed E-state index contributed by atoms with van der Waals surface area (Å²) in [5.74, 6) is 1.44. The van der Waals surface area contributed by atoms with Crippen LogP contribution in [0.5, 0.6) is 5.75 Å². The summed E-state index contributed by atoms with van der Waals surface area (Å²) >= 11 is 1.76. The minimum Gasteiger partial charge on any atom is -0.483 e. The molecule has 0 saturated carbocycles. The minimum absolute atomic E-state index is 0.0481. The van der Waals surface area contributed by atoms with Gasteiger partial charge in [-0.2, -0.15) is 0 Å². The van der Waals surface area contributed by atoms with Gasteiger partial charge >= 0.3 is 0 Å². The Balaban J connectivity index is 2.30. The van der Waals surface area contributed by atoms with Gasteiger partial charge in [0.15, 0.2) is 0 Å². The van der Waals surface area contributed by atoms with Gasteiger partial charge < -0.3 is 10.5 Å². The number of hydrogen-bond acceptors (Lipinski definition) is 3. The van der Waals surface area contributed by atoms with Crippen molar-refractivity contribution in [2.45, 2.75) is 52.2 Å². The number of thiophene rings is 1. The summed E-state index contributed by atoms with van der Waals surface area (Å²) in [4.78, 5) is 2.48. The van der Waals surface area contributed by atoms with Gasteiger partial charge in [0.1, 0.15) is 11.9 Å². The first-order chi connectivity index (χ1) is 10.0. The normalized spacial score (nSPS) is 15.5. The second-order valence-electron chi connectivity index (χ2n) is 5.69. The van der Waals surface area contributed by atoms with Crippen LogP contribution in [0, 0.1) is 6.92 Å². The number of para-hydroxylation sites is 1. The van der Waals surface area contributed by atoms with Gasteiger partial charge in [0.25, 0.3) is 0 Å². The molecule has 1 heterocycles. The summed E-state index contributed by atoms with van der Waals surface area (Å²) in [5.41, 5.74) is 7.43. The van der Waals surface area contributed by atoms with Crippen molar-refractivity contribution >= 4 is 11.3 Å². The molecular formula is C18H25NOS. The number of rotatable bonds is 6. The predicted molar refractivity (Wildman–Crippen MR) is 91.2 cm³/mol. The van der Waals surface area contributed by atoms with Crippen LogP contribution in [0.15, 0.2) is 36.4 Å². The first-order valence-electron chi connectivity index (χ1n) is 7.60. The molecule has 0 bridgehead atoms. The molecule has 3 heteroatoms. The van der Waals surface area contributed by atoms with E-state index in [-0.39, 0.29) is 12.1 Å². The van der Waals surface area contributed by atoms with E-state index in [1.54, 1.807) is 11.3 Å². The summed E-state index contributed by atoms with van der Waals surface area (Å²) in [6, 6.07) is 12.5. The molecule has 1 aromatic carbocycles. The van der Waals surface area contributed by atoms with E-state index < -0.39 is 0 Å². The standard InChI is InChI=1S/C18H25NOS/c1-5-12(2)15-8-6-7-9-16(15)20-18(14(4)19)17-11-10-13(3)21-17/h6-12,14,18H,5,19H2,1-4H3. The van der Waals surface area contributed by atoms with Gasteiger partial charge in [0.2, 0.25) is 0 Å². The van der Waals surface area contributed by atoms with Crippen molar-refractivity contribution < 1.29 is 4.74 Å². The third-order valence-electron chi connectivity index (χ3n) is 3.84. The summed E-state index contributed by atoms with van der Waals surface area (Å²) < 4.78 is 6.31. The van der Waals surface area contributed by atoms with E-state index in [9.17, 15) is 0 Å². The summed E-state index contributed by atoms with van der Waals surface area (Å²) in [6.07, 6.45) is 1.01. The highest BCUT2D eigenvalue weighted by atomic mass is 32.1. The molecule has 2 rings (SSSR count). The van der Waals surface area contributed by atoms with E-state index in [1.807, 2.05) is 13.0 Å². The van der Waals surface area contributed by atoms with Crippen molar-refractivity contribution in [3.05, 3.63) is 51.7 Å². The molecular weight excluding hydrogens is 278 g/mol. The topological polar surface area (TPSA) is 35.2 Å². The van der Waals surface area contributed by atoms with E-state index in [0.717, 1.165) is 12.2 Å². The lowest BCUT2D eigenvalue weighted by molar-refractivity contribution is 0.181. The molecule has 114 valence electrons. The average molecular weight is 303 g/mol. The predicted octanol–water partition coefficient (Wildman–Crippen LogP) is 5.04. The van der Waals surface area contributed by atoms with Crippen molar-refractivity contribution in [2.24, 2.45) is 5.73 Å². The lowest BCUT2D eigenvalue weighted by Crippen LogP contribution is -2.28. The maximum absolute atomic E-state index is 6.31. The van der Waals surface area contributed by atoms with Gasteiger partial charge in [0, 0.05) is 15.8 Å². The first-order valence-corrected chi connectivity index (χ1v) is 8.42. The van der Waals surface area contributed by atoms with E-state index in [0.29, 0.717) is 5.92 Å². The molecule has 2 aromatic rings. The minimum atomic E-state index is -0.0890. The van der Waals surface area contributed by atoms with Gasteiger partial charge in [-0.1, -0.05) is 32.0 Å². The van der Waals surface area contributed by atoms with Crippen molar-refractivity contribution in [3.63, 3.8) is 0 Å². The van der Waals surface area contributed by atoms with Crippen LogP contribution in [0.2, 0.25) is 0 Å². The third-order valence-corrected chi connectivity index (χ3v) is 4.90. The number of hydrogen-bond donors (Lipinski definition) is 1. The summed E-state index contributed by atoms with van der Waals surface area (Å²) in [6.45, 7) is 8.55. The molecule has 0 saturated heterocycles. The van der Waals surface area contributed by atoms with E-state index in [2.05, 4.69) is 51.1 Å². The van der Waals surface area contributed by atoms with E-state index in [4.69, 9.17) is 10.5 Å². The first kappa shape index (κ1) is 16.1. The van der Waals surface area contributed by atoms with Crippen LogP contribution in [0.25, 0.3) is 0 Å². The second-order valence-corrected chi connectivity index (χ2v) is 7.01. The van der Waals surface area contributed by atoms with E-state index in [1.165, 1.54) is 15.3 Å². The fraction of sp³-hybridized carbons (Fsp3) is 0.444. The maximum atomic E-state index is 6.31. The highest BCUT2D eigenvalue weighted by molar-refractivity contribution is 7.12. The average Bonchev–Trinajstić information content (AvgIpc) is 2.90. The Morgan fingerprint density at radius 3 is 2.43 bits per heavy atom. The van der Waals surface area contributed by atoms with Crippen molar-refractivity contribution in [2.75, 3.05) is 0 Å². The molecule has 3 atom stereocenters. The van der Waals surface area contributed by atoms with Gasteiger partial charge in [0.05, 0.1) is 0 Å². The Hall–Kier alpha value is -1.32. The van der Waals surface area contributed by atoms with Crippen LogP contribution in [0.1, 0.15) is 54.5 Å². The lowest BCUT2D eigenvalue weighted by atomic mass is 9.97. The molecule has 1 aromatic heterocycles. The van der Waals surface area contributed by atoms with Crippen molar-refractivity contribution in [1.29, 1.82) is 0 Å². The SMILES string of the molecule is CCC(C)c1ccccc1OC(c1ccc(C)s1)C(C)N. The molecule has 0 aliphatic heterocycles. The zero-order valence-corrected chi connectivity index (χ0v) is 14.1. The van der Waals surface area contributed by atoms with Gasteiger partial charge in [-0.15, -0.1) is 11.3 Å². The van der Waals surface area contributed by atoms with Crippen LogP contribution >= 0.6 is 11.3 Å². The monoisotopic (exact) mass is 303 g/mol. The number of benzene rings is 1. The molecule has 0 fully saturated rings. The number of ether oxygens (including phenoxy) is 1. The van der Waals surface area contributed by atoms with Crippen molar-refractivity contribution in [3.8, 4) is 5.75 Å². The van der Waals surface area contributed by atoms with E-state index >= 15 is 0 Å².